The lowest BCUT2D eigenvalue weighted by Gasteiger charge is -2.41. The first-order valence-corrected chi connectivity index (χ1v) is 12.9. The first kappa shape index (κ1) is 29.3. The summed E-state index contributed by atoms with van der Waals surface area (Å²) in [4.78, 5) is 51.3. The molecule has 15 heteroatoms. The number of Topliss-reactive ketones (excluding diaryl/α,β-unsaturated/α-hetero) is 2. The number of phenols is 1. The maximum Gasteiger partial charge on any atom is 0.573 e. The minimum absolute atomic E-state index is 0.0935. The number of ether oxygens (including phenoxy) is 1. The Kier molecular flexibility index (Phi) is 7.20. The number of benzene rings is 2. The molecule has 0 aliphatic heterocycles. The fraction of sp³-hybridized carbons (Fsp3) is 0.286. The maximum atomic E-state index is 13.8. The summed E-state index contributed by atoms with van der Waals surface area (Å²) in [6, 6.07) is 4.79. The molecule has 3 unspecified atom stereocenters. The highest BCUT2D eigenvalue weighted by molar-refractivity contribution is 6.22. The normalized spacial score (nSPS) is 21.4. The van der Waals surface area contributed by atoms with Crippen LogP contribution in [0, 0.1) is 17.8 Å². The number of aliphatic hydroxyl groups is 2. The largest absolute Gasteiger partial charge is 0.573 e. The van der Waals surface area contributed by atoms with Crippen LogP contribution >= 0.6 is 0 Å². The Morgan fingerprint density at radius 3 is 2.30 bits per heavy atom. The molecular formula is C28H25F3N4O8. The molecule has 0 saturated heterocycles. The van der Waals surface area contributed by atoms with E-state index in [-0.39, 0.29) is 41.8 Å². The third-order valence-electron chi connectivity index (χ3n) is 7.75. The topological polar surface area (TPSA) is 200 Å². The van der Waals surface area contributed by atoms with Gasteiger partial charge >= 0.3 is 12.4 Å². The molecule has 0 saturated carbocycles. The summed E-state index contributed by atoms with van der Waals surface area (Å²) in [6.07, 6.45) is -4.60. The van der Waals surface area contributed by atoms with Crippen molar-refractivity contribution in [3.05, 3.63) is 64.1 Å². The summed E-state index contributed by atoms with van der Waals surface area (Å²) < 4.78 is 41.0. The van der Waals surface area contributed by atoms with Crippen molar-refractivity contribution in [2.45, 2.75) is 25.6 Å². The van der Waals surface area contributed by atoms with Crippen LogP contribution in [0.25, 0.3) is 0 Å². The number of aromatic hydroxyl groups is 1. The number of aliphatic hydroxyl groups excluding tert-OH is 2. The Morgan fingerprint density at radius 1 is 1.02 bits per heavy atom. The summed E-state index contributed by atoms with van der Waals surface area (Å²) in [5.74, 6) is -7.42. The van der Waals surface area contributed by atoms with Crippen molar-refractivity contribution in [1.29, 1.82) is 0 Å². The molecule has 0 bridgehead atoms. The highest BCUT2D eigenvalue weighted by Crippen LogP contribution is 2.51. The number of hydrogen-bond acceptors (Lipinski definition) is 9. The van der Waals surface area contributed by atoms with E-state index in [9.17, 15) is 47.7 Å². The molecule has 5 rings (SSSR count). The quantitative estimate of drug-likeness (QED) is 0.150. The average Bonchev–Trinajstić information content (AvgIpc) is 2.89. The number of anilines is 3. The van der Waals surface area contributed by atoms with Crippen LogP contribution in [0.5, 0.6) is 11.5 Å². The summed E-state index contributed by atoms with van der Waals surface area (Å²) in [7, 11) is 1.55. The molecule has 3 aliphatic carbocycles. The lowest BCUT2D eigenvalue weighted by molar-refractivity contribution is -0.274. The van der Waals surface area contributed by atoms with E-state index < -0.39 is 76.2 Å². The molecule has 226 valence electrons. The number of primary amides is 1. The van der Waals surface area contributed by atoms with Gasteiger partial charge in [0.05, 0.1) is 17.2 Å². The number of phenolic OH excluding ortho intramolecular Hbond substituents is 1. The predicted octanol–water partition coefficient (Wildman–Crippen LogP) is 4.05. The van der Waals surface area contributed by atoms with Gasteiger partial charge in [-0.1, -0.05) is 0 Å². The van der Waals surface area contributed by atoms with Crippen LogP contribution in [0.15, 0.2) is 53.0 Å². The van der Waals surface area contributed by atoms with Crippen molar-refractivity contribution in [3.63, 3.8) is 0 Å². The lowest BCUT2D eigenvalue weighted by atomic mass is 9.62. The van der Waals surface area contributed by atoms with Gasteiger partial charge in [0, 0.05) is 30.4 Å². The van der Waals surface area contributed by atoms with Gasteiger partial charge < -0.3 is 41.7 Å². The van der Waals surface area contributed by atoms with Gasteiger partial charge in [-0.25, -0.2) is 4.79 Å². The van der Waals surface area contributed by atoms with Crippen molar-refractivity contribution < 1.29 is 52.4 Å². The van der Waals surface area contributed by atoms with Crippen molar-refractivity contribution in [3.8, 4) is 11.5 Å². The third-order valence-corrected chi connectivity index (χ3v) is 7.75. The predicted molar refractivity (Wildman–Crippen MR) is 145 cm³/mol. The Bertz CT molecular complexity index is 1630. The average molecular weight is 603 g/mol. The molecule has 0 aromatic heterocycles. The molecule has 0 fully saturated rings. The second-order valence-electron chi connectivity index (χ2n) is 10.3. The van der Waals surface area contributed by atoms with E-state index in [2.05, 4.69) is 20.7 Å². The summed E-state index contributed by atoms with van der Waals surface area (Å²) >= 11 is 0. The van der Waals surface area contributed by atoms with E-state index in [4.69, 9.17) is 5.73 Å². The first-order chi connectivity index (χ1) is 20.2. The van der Waals surface area contributed by atoms with Gasteiger partial charge in [0.25, 0.3) is 5.91 Å². The third kappa shape index (κ3) is 5.29. The number of nitrogens with two attached hydrogens (primary N) is 1. The molecule has 43 heavy (non-hydrogen) atoms. The molecule has 3 aliphatic rings. The van der Waals surface area contributed by atoms with E-state index in [0.717, 1.165) is 24.3 Å². The van der Waals surface area contributed by atoms with Gasteiger partial charge in [-0.3, -0.25) is 14.4 Å². The minimum atomic E-state index is -4.89. The molecule has 0 spiro atoms. The number of urea groups is 1. The number of carbonyl (C=O) groups is 4. The molecule has 0 radical (unpaired) electrons. The van der Waals surface area contributed by atoms with Crippen molar-refractivity contribution in [1.82, 2.24) is 0 Å². The second kappa shape index (κ2) is 10.6. The fourth-order valence-electron chi connectivity index (χ4n) is 6.05. The van der Waals surface area contributed by atoms with Gasteiger partial charge in [-0.05, 0) is 60.6 Å². The Labute approximate surface area is 241 Å². The smallest absolute Gasteiger partial charge is 0.511 e. The molecule has 12 nitrogen and oxygen atoms in total. The standard InChI is InChI=1S/C28H25F3N4O8/c1-33-15-9-16(35-27(42)34-12-2-4-13(5-3-12)43-28(29,30)31)22(37)20-14(15)7-10-6-11-8-17(36)21(26(32)41)25(40)19(11)23(38)18(10)24(20)39/h2-5,9-11,19,33,36-38H,6-8H2,1H3,(H2,32,41)(H2,34,35,42). The molecular weight excluding hydrogens is 577 g/mol. The number of allylic oxidation sites excluding steroid dienone is 3. The van der Waals surface area contributed by atoms with Gasteiger partial charge in [-0.2, -0.15) is 0 Å². The van der Waals surface area contributed by atoms with E-state index in [1.807, 2.05) is 0 Å². The van der Waals surface area contributed by atoms with Gasteiger partial charge in [0.1, 0.15) is 22.8 Å². The van der Waals surface area contributed by atoms with Crippen LogP contribution in [-0.4, -0.2) is 52.2 Å². The second-order valence-corrected chi connectivity index (χ2v) is 10.3. The van der Waals surface area contributed by atoms with Crippen LogP contribution in [0.3, 0.4) is 0 Å². The maximum absolute atomic E-state index is 13.8. The molecule has 3 amide bonds. The zero-order valence-corrected chi connectivity index (χ0v) is 22.3. The number of alkyl halides is 3. The fourth-order valence-corrected chi connectivity index (χ4v) is 6.05. The van der Waals surface area contributed by atoms with Crippen molar-refractivity contribution in [2.75, 3.05) is 23.0 Å². The molecule has 3 atom stereocenters. The first-order valence-electron chi connectivity index (χ1n) is 12.9. The van der Waals surface area contributed by atoms with Crippen LogP contribution in [0.4, 0.5) is 35.0 Å². The highest BCUT2D eigenvalue weighted by atomic mass is 19.4. The molecule has 2 aromatic rings. The SMILES string of the molecule is CNc1cc(NC(=O)Nc2ccc(OC(F)(F)F)cc2)c(O)c2c1CC1CC3CC(O)=C(C(N)=O)C(=O)C3C(O)=C1C2=O. The van der Waals surface area contributed by atoms with E-state index in [0.29, 0.717) is 11.3 Å². The van der Waals surface area contributed by atoms with E-state index in [1.54, 1.807) is 7.05 Å². The number of amides is 3. The number of nitrogens with one attached hydrogen (secondary N) is 3. The zero-order chi connectivity index (χ0) is 31.4. The number of hydrogen-bond donors (Lipinski definition) is 7. The van der Waals surface area contributed by atoms with Crippen molar-refractivity contribution >= 4 is 40.6 Å². The van der Waals surface area contributed by atoms with Gasteiger partial charge in [0.2, 0.25) is 0 Å². The lowest BCUT2D eigenvalue weighted by Crippen LogP contribution is -2.43. The molecule has 0 heterocycles. The zero-order valence-electron chi connectivity index (χ0n) is 22.3. The number of fused-ring (bicyclic) bond motifs is 3. The monoisotopic (exact) mass is 602 g/mol. The molecule has 8 N–H and O–H groups in total. The van der Waals surface area contributed by atoms with E-state index in [1.165, 1.54) is 6.07 Å². The Balaban J connectivity index is 1.44. The van der Waals surface area contributed by atoms with Crippen LogP contribution in [0.1, 0.15) is 28.8 Å². The number of rotatable bonds is 5. The summed E-state index contributed by atoms with van der Waals surface area (Å²) in [5, 5.41) is 40.2. The van der Waals surface area contributed by atoms with Crippen molar-refractivity contribution in [2.24, 2.45) is 23.5 Å². The number of ketones is 2. The Hall–Kier alpha value is -5.21. The minimum Gasteiger partial charge on any atom is -0.511 e. The van der Waals surface area contributed by atoms with Gasteiger partial charge in [-0.15, -0.1) is 13.2 Å². The number of halogens is 3. The highest BCUT2D eigenvalue weighted by Gasteiger charge is 2.50. The number of carbonyl (C=O) groups excluding carboxylic acids is 4. The summed E-state index contributed by atoms with van der Waals surface area (Å²) in [5.41, 5.74) is 4.96. The van der Waals surface area contributed by atoms with Crippen LogP contribution in [-0.2, 0) is 16.0 Å². The van der Waals surface area contributed by atoms with E-state index >= 15 is 0 Å². The van der Waals surface area contributed by atoms with Gasteiger partial charge in [0.15, 0.2) is 17.3 Å². The van der Waals surface area contributed by atoms with Crippen LogP contribution < -0.4 is 26.4 Å². The van der Waals surface area contributed by atoms with Crippen LogP contribution in [0.2, 0.25) is 0 Å². The Morgan fingerprint density at radius 2 is 1.70 bits per heavy atom. The molecule has 2 aromatic carbocycles. The summed E-state index contributed by atoms with van der Waals surface area (Å²) in [6.45, 7) is 0.